The number of alkyl halides is 9. The van der Waals surface area contributed by atoms with Gasteiger partial charge in [-0.2, -0.15) is 35.1 Å². The van der Waals surface area contributed by atoms with Crippen molar-refractivity contribution < 1.29 is 58.2 Å². The van der Waals surface area contributed by atoms with E-state index in [1.807, 2.05) is 0 Å². The van der Waals surface area contributed by atoms with E-state index in [1.54, 1.807) is 19.1 Å². The quantitative estimate of drug-likeness (QED) is 0.195. The van der Waals surface area contributed by atoms with E-state index in [9.17, 15) is 49.1 Å². The first-order valence-electron chi connectivity index (χ1n) is 11.2. The molecule has 0 heterocycles. The van der Waals surface area contributed by atoms with E-state index >= 15 is 4.39 Å². The van der Waals surface area contributed by atoms with Gasteiger partial charge in [0.1, 0.15) is 5.75 Å². The number of rotatable bonds is 8. The minimum Gasteiger partial charge on any atom is -0.434 e. The second kappa shape index (κ2) is 11.7. The fourth-order valence-electron chi connectivity index (χ4n) is 3.67. The van der Waals surface area contributed by atoms with Crippen LogP contribution in [0.15, 0.2) is 59.1 Å². The van der Waals surface area contributed by atoms with Crippen LogP contribution in [-0.2, 0) is 12.1 Å². The number of aryl methyl sites for hydroxylation is 1. The molecule has 0 radical (unpaired) electrons. The predicted molar refractivity (Wildman–Crippen MR) is 129 cm³/mol. The predicted octanol–water partition coefficient (Wildman–Crippen LogP) is 8.47. The lowest BCUT2D eigenvalue weighted by atomic mass is 9.91. The summed E-state index contributed by atoms with van der Waals surface area (Å²) in [6.07, 6.45) is -14.2. The van der Waals surface area contributed by atoms with Crippen molar-refractivity contribution in [3.8, 4) is 5.75 Å². The zero-order valence-corrected chi connectivity index (χ0v) is 21.9. The first-order chi connectivity index (χ1) is 18.9. The minimum atomic E-state index is -6.56. The molecule has 15 heteroatoms. The van der Waals surface area contributed by atoms with Crippen molar-refractivity contribution in [1.29, 1.82) is 0 Å². The number of hydrogen-bond acceptors (Lipinski definition) is 3. The van der Waals surface area contributed by atoms with Gasteiger partial charge >= 0.3 is 24.6 Å². The molecule has 0 saturated carbocycles. The molecule has 1 N–H and O–H groups in total. The Morgan fingerprint density at radius 1 is 0.927 bits per heavy atom. The average Bonchev–Trinajstić information content (AvgIpc) is 2.85. The molecule has 3 aromatic rings. The second-order valence-corrected chi connectivity index (χ2v) is 9.41. The molecule has 4 nitrogen and oxygen atoms in total. The van der Waals surface area contributed by atoms with Crippen LogP contribution < -0.4 is 10.1 Å². The molecule has 0 aliphatic carbocycles. The monoisotopic (exact) mass is 659 g/mol. The summed E-state index contributed by atoms with van der Waals surface area (Å²) in [5, 5.41) is 2.25. The maximum absolute atomic E-state index is 15.2. The number of ether oxygens (including phenoxy) is 1. The Morgan fingerprint density at radius 2 is 1.51 bits per heavy atom. The van der Waals surface area contributed by atoms with Crippen LogP contribution in [0.2, 0.25) is 0 Å². The number of halogens is 11. The third-order valence-corrected chi connectivity index (χ3v) is 6.46. The maximum Gasteiger partial charge on any atom is 0.435 e. The highest BCUT2D eigenvalue weighted by molar-refractivity contribution is 9.10. The Bertz CT molecular complexity index is 1440. The molecule has 3 aromatic carbocycles. The first-order valence-corrected chi connectivity index (χ1v) is 12.0. The fraction of sp³-hybridized carbons (Fsp3) is 0.231. The van der Waals surface area contributed by atoms with Gasteiger partial charge in [-0.05, 0) is 43.3 Å². The van der Waals surface area contributed by atoms with Crippen molar-refractivity contribution in [3.63, 3.8) is 0 Å². The fourth-order valence-corrected chi connectivity index (χ4v) is 4.25. The van der Waals surface area contributed by atoms with Crippen LogP contribution in [0.5, 0.6) is 5.75 Å². The molecule has 0 bridgehead atoms. The summed E-state index contributed by atoms with van der Waals surface area (Å²) < 4.78 is 138. The minimum absolute atomic E-state index is 0.0104. The summed E-state index contributed by atoms with van der Waals surface area (Å²) in [7, 11) is 0. The molecular weight excluding hydrogens is 644 g/mol. The van der Waals surface area contributed by atoms with Crippen LogP contribution in [0, 0.1) is 12.7 Å². The van der Waals surface area contributed by atoms with Gasteiger partial charge in [0.25, 0.3) is 5.91 Å². The van der Waals surface area contributed by atoms with Crippen LogP contribution in [-0.4, -0.2) is 30.7 Å². The zero-order chi connectivity index (χ0) is 30.9. The van der Waals surface area contributed by atoms with Gasteiger partial charge in [0.2, 0.25) is 0 Å². The second-order valence-electron chi connectivity index (χ2n) is 8.55. The topological polar surface area (TPSA) is 55.4 Å². The molecule has 1 amide bonds. The summed E-state index contributed by atoms with van der Waals surface area (Å²) >= 11 is 2.58. The van der Waals surface area contributed by atoms with Gasteiger partial charge in [0.15, 0.2) is 11.6 Å². The number of nitrogens with one attached hydrogen (secondary N) is 1. The smallest absolute Gasteiger partial charge is 0.434 e. The highest BCUT2D eigenvalue weighted by atomic mass is 79.9. The number of Topliss-reactive ketones (excluding diaryl/α,β-unsaturated/α-hetero) is 1. The van der Waals surface area contributed by atoms with Crippen molar-refractivity contribution in [1.82, 2.24) is 0 Å². The highest BCUT2D eigenvalue weighted by Gasteiger charge is 2.73. The summed E-state index contributed by atoms with van der Waals surface area (Å²) in [5.74, 6) is -4.60. The van der Waals surface area contributed by atoms with Crippen LogP contribution in [0.3, 0.4) is 0 Å². The van der Waals surface area contributed by atoms with E-state index in [2.05, 4.69) is 26.0 Å². The van der Waals surface area contributed by atoms with Gasteiger partial charge < -0.3 is 10.1 Å². The molecule has 0 spiro atoms. The van der Waals surface area contributed by atoms with Crippen molar-refractivity contribution in [2.24, 2.45) is 0 Å². The molecule has 0 fully saturated rings. The number of hydrogen-bond donors (Lipinski definition) is 1. The van der Waals surface area contributed by atoms with Gasteiger partial charge in [-0.15, -0.1) is 0 Å². The Labute approximate surface area is 233 Å². The third-order valence-electron chi connectivity index (χ3n) is 5.75. The number of anilines is 1. The summed E-state index contributed by atoms with van der Waals surface area (Å²) in [6, 6.07) is 9.08. The van der Waals surface area contributed by atoms with Gasteiger partial charge in [-0.1, -0.05) is 39.7 Å². The van der Waals surface area contributed by atoms with E-state index in [0.29, 0.717) is 0 Å². The molecule has 41 heavy (non-hydrogen) atoms. The molecule has 3 rings (SSSR count). The van der Waals surface area contributed by atoms with Crippen molar-refractivity contribution in [2.45, 2.75) is 38.0 Å². The van der Waals surface area contributed by atoms with Gasteiger partial charge in [-0.25, -0.2) is 8.78 Å². The van der Waals surface area contributed by atoms with E-state index < -0.39 is 81.2 Å². The lowest BCUT2D eigenvalue weighted by molar-refractivity contribution is -0.348. The van der Waals surface area contributed by atoms with Crippen LogP contribution >= 0.6 is 15.9 Å². The molecule has 0 atom stereocenters. The van der Waals surface area contributed by atoms with Crippen molar-refractivity contribution in [3.05, 3.63) is 92.7 Å². The van der Waals surface area contributed by atoms with Gasteiger partial charge in [0, 0.05) is 27.6 Å². The Balaban J connectivity index is 2.01. The Morgan fingerprint density at radius 3 is 2.05 bits per heavy atom. The summed E-state index contributed by atoms with van der Waals surface area (Å²) in [4.78, 5) is 25.4. The highest BCUT2D eigenvalue weighted by Crippen LogP contribution is 2.54. The molecule has 0 aromatic heterocycles. The largest absolute Gasteiger partial charge is 0.435 e. The lowest BCUT2D eigenvalue weighted by Crippen LogP contribution is -2.50. The maximum atomic E-state index is 15.2. The van der Waals surface area contributed by atoms with E-state index in [4.69, 9.17) is 0 Å². The van der Waals surface area contributed by atoms with E-state index in [1.165, 1.54) is 12.1 Å². The molecule has 0 saturated heterocycles. The van der Waals surface area contributed by atoms with E-state index in [-0.39, 0.29) is 17.7 Å². The number of carbonyl (C=O) groups is 2. The lowest BCUT2D eigenvalue weighted by Gasteiger charge is -2.31. The molecule has 220 valence electrons. The third kappa shape index (κ3) is 6.66. The van der Waals surface area contributed by atoms with E-state index in [0.717, 1.165) is 23.8 Å². The molecular formula is C26H16BrF10NO3. The number of ketones is 1. The molecule has 0 unspecified atom stereocenters. The summed E-state index contributed by atoms with van der Waals surface area (Å²) in [6.45, 7) is -2.05. The van der Waals surface area contributed by atoms with Crippen LogP contribution in [0.25, 0.3) is 0 Å². The van der Waals surface area contributed by atoms with Crippen LogP contribution in [0.4, 0.5) is 49.6 Å². The average molecular weight is 660 g/mol. The van der Waals surface area contributed by atoms with Gasteiger partial charge in [0.05, 0.1) is 11.3 Å². The van der Waals surface area contributed by atoms with Gasteiger partial charge in [-0.3, -0.25) is 9.59 Å². The van der Waals surface area contributed by atoms with Crippen molar-refractivity contribution >= 4 is 33.3 Å². The number of amides is 1. The van der Waals surface area contributed by atoms with Crippen LogP contribution in [0.1, 0.15) is 37.4 Å². The summed E-state index contributed by atoms with van der Waals surface area (Å²) in [5.41, 5.74) is -9.05. The normalized spacial score (nSPS) is 12.4. The molecule has 0 aliphatic rings. The number of carbonyl (C=O) groups excluding carboxylic acids is 2. The molecule has 0 aliphatic heterocycles. The van der Waals surface area contributed by atoms with Crippen molar-refractivity contribution in [2.75, 3.05) is 5.32 Å². The zero-order valence-electron chi connectivity index (χ0n) is 20.4. The Kier molecular flexibility index (Phi) is 9.11. The first kappa shape index (κ1) is 31.9. The Hall–Kier alpha value is -3.62. The number of benzene rings is 3. The standard InChI is InChI=1S/C26H16BrF10NO3/c1-12-5-7-13(8-6-12)22(40)38-18-4-2-3-15(21(18)28)19(39)11-16-17(27)9-14(10-20(16)41-23(29)30)24(31,25(32,33)34)26(35,36)37/h2-10,23H,11H2,1H3,(H,38,40). The SMILES string of the molecule is Cc1ccc(C(=O)Nc2cccc(C(=O)Cc3c(Br)cc(C(F)(C(F)(F)F)C(F)(F)F)cc3OC(F)F)c2F)cc1.